The number of hydrogen-bond acceptors (Lipinski definition) is 3. The van der Waals surface area contributed by atoms with Gasteiger partial charge >= 0.3 is 0 Å². The van der Waals surface area contributed by atoms with Crippen molar-refractivity contribution in [1.82, 2.24) is 10.2 Å². The van der Waals surface area contributed by atoms with Crippen molar-refractivity contribution in [3.8, 4) is 0 Å². The fourth-order valence-corrected chi connectivity index (χ4v) is 3.76. The Balaban J connectivity index is 1.47. The maximum atomic E-state index is 12.7. The Morgan fingerprint density at radius 2 is 1.61 bits per heavy atom. The van der Waals surface area contributed by atoms with Crippen molar-refractivity contribution in [3.63, 3.8) is 0 Å². The maximum absolute atomic E-state index is 12.7. The monoisotopic (exact) mass is 379 g/mol. The van der Waals surface area contributed by atoms with Crippen LogP contribution in [-0.2, 0) is 16.1 Å². The van der Waals surface area contributed by atoms with Gasteiger partial charge in [0.2, 0.25) is 11.8 Å². The van der Waals surface area contributed by atoms with Crippen molar-refractivity contribution >= 4 is 17.5 Å². The van der Waals surface area contributed by atoms with Crippen molar-refractivity contribution in [2.45, 2.75) is 38.8 Å². The second-order valence-corrected chi connectivity index (χ2v) is 7.29. The van der Waals surface area contributed by atoms with Crippen LogP contribution >= 0.6 is 0 Å². The van der Waals surface area contributed by atoms with Crippen LogP contribution in [0, 0.1) is 5.92 Å². The summed E-state index contributed by atoms with van der Waals surface area (Å²) in [5.74, 6) is 0.167. The van der Waals surface area contributed by atoms with E-state index in [1.807, 2.05) is 67.6 Å². The van der Waals surface area contributed by atoms with E-state index < -0.39 is 0 Å². The largest absolute Gasteiger partial charge is 0.352 e. The van der Waals surface area contributed by atoms with Crippen LogP contribution in [0.1, 0.15) is 31.7 Å². The topological polar surface area (TPSA) is 61.4 Å². The van der Waals surface area contributed by atoms with Crippen LogP contribution in [-0.4, -0.2) is 35.8 Å². The van der Waals surface area contributed by atoms with Crippen LogP contribution in [0.25, 0.3) is 0 Å². The van der Waals surface area contributed by atoms with E-state index in [9.17, 15) is 9.59 Å². The minimum atomic E-state index is -0.159. The van der Waals surface area contributed by atoms with Crippen LogP contribution in [0.15, 0.2) is 60.7 Å². The zero-order chi connectivity index (χ0) is 19.8. The summed E-state index contributed by atoms with van der Waals surface area (Å²) in [4.78, 5) is 27.4. The second kappa shape index (κ2) is 10.0. The molecule has 0 radical (unpaired) electrons. The fraction of sp³-hybridized carbons (Fsp3) is 0.391. The molecule has 148 valence electrons. The minimum Gasteiger partial charge on any atom is -0.352 e. The summed E-state index contributed by atoms with van der Waals surface area (Å²) in [7, 11) is 0. The van der Waals surface area contributed by atoms with Crippen LogP contribution in [0.2, 0.25) is 0 Å². The average molecular weight is 380 g/mol. The molecule has 0 saturated carbocycles. The van der Waals surface area contributed by atoms with Crippen molar-refractivity contribution in [2.24, 2.45) is 5.92 Å². The molecule has 2 amide bonds. The molecule has 2 aromatic carbocycles. The third-order valence-corrected chi connectivity index (χ3v) is 5.38. The van der Waals surface area contributed by atoms with Crippen LogP contribution in [0.5, 0.6) is 0 Å². The zero-order valence-corrected chi connectivity index (χ0v) is 16.4. The van der Waals surface area contributed by atoms with E-state index in [1.54, 1.807) is 0 Å². The first-order chi connectivity index (χ1) is 13.7. The van der Waals surface area contributed by atoms with Crippen LogP contribution in [0.4, 0.5) is 5.69 Å². The lowest BCUT2D eigenvalue weighted by molar-refractivity contribution is -0.127. The van der Waals surface area contributed by atoms with E-state index in [4.69, 9.17) is 0 Å². The lowest BCUT2D eigenvalue weighted by atomic mass is 9.94. The zero-order valence-electron chi connectivity index (χ0n) is 16.4. The molecule has 0 spiro atoms. The summed E-state index contributed by atoms with van der Waals surface area (Å²) in [5, 5.41) is 6.05. The van der Waals surface area contributed by atoms with Crippen LogP contribution < -0.4 is 10.6 Å². The van der Waals surface area contributed by atoms with Crippen LogP contribution in [0.3, 0.4) is 0 Å². The predicted octanol–water partition coefficient (Wildman–Crippen LogP) is 3.43. The first-order valence-corrected chi connectivity index (χ1v) is 10.1. The molecule has 5 heteroatoms. The molecule has 28 heavy (non-hydrogen) atoms. The molecular formula is C23H29N3O2. The number of carbonyl (C=O) groups is 2. The Morgan fingerprint density at radius 3 is 2.21 bits per heavy atom. The van der Waals surface area contributed by atoms with E-state index in [0.29, 0.717) is 6.54 Å². The van der Waals surface area contributed by atoms with Crippen molar-refractivity contribution in [1.29, 1.82) is 0 Å². The smallest absolute Gasteiger partial charge is 0.241 e. The van der Waals surface area contributed by atoms with Gasteiger partial charge in [-0.2, -0.15) is 0 Å². The highest BCUT2D eigenvalue weighted by Crippen LogP contribution is 2.21. The fourth-order valence-electron chi connectivity index (χ4n) is 3.76. The lowest BCUT2D eigenvalue weighted by Gasteiger charge is -2.36. The van der Waals surface area contributed by atoms with Gasteiger partial charge in [-0.25, -0.2) is 0 Å². The number of para-hydroxylation sites is 1. The Kier molecular flexibility index (Phi) is 7.20. The molecule has 1 atom stereocenters. The summed E-state index contributed by atoms with van der Waals surface area (Å²) in [6.45, 7) is 4.14. The Bertz CT molecular complexity index is 756. The number of nitrogens with zero attached hydrogens (tertiary/aromatic N) is 1. The molecule has 5 nitrogen and oxygen atoms in total. The van der Waals surface area contributed by atoms with Gasteiger partial charge in [-0.1, -0.05) is 55.5 Å². The normalized spacial score (nSPS) is 16.3. The summed E-state index contributed by atoms with van der Waals surface area (Å²) in [5.41, 5.74) is 1.93. The quantitative estimate of drug-likeness (QED) is 0.775. The van der Waals surface area contributed by atoms with Gasteiger partial charge in [0.1, 0.15) is 0 Å². The number of nitrogens with one attached hydrogen (secondary N) is 2. The van der Waals surface area contributed by atoms with E-state index in [0.717, 1.165) is 43.6 Å². The van der Waals surface area contributed by atoms with Gasteiger partial charge in [-0.3, -0.25) is 14.5 Å². The Hall–Kier alpha value is -2.66. The van der Waals surface area contributed by atoms with Crippen molar-refractivity contribution in [3.05, 3.63) is 66.2 Å². The molecule has 1 heterocycles. The number of benzene rings is 2. The number of carbonyl (C=O) groups excluding carboxylic acids is 2. The molecule has 2 N–H and O–H groups in total. The summed E-state index contributed by atoms with van der Waals surface area (Å²) in [6.07, 6.45) is 2.33. The molecule has 0 unspecified atom stereocenters. The molecule has 1 fully saturated rings. The van der Waals surface area contributed by atoms with E-state index in [-0.39, 0.29) is 23.8 Å². The van der Waals surface area contributed by atoms with Gasteiger partial charge in [0, 0.05) is 18.2 Å². The lowest BCUT2D eigenvalue weighted by Crippen LogP contribution is -2.49. The van der Waals surface area contributed by atoms with Crippen molar-refractivity contribution < 1.29 is 9.59 Å². The highest BCUT2D eigenvalue weighted by molar-refractivity contribution is 5.94. The Morgan fingerprint density at radius 1 is 1.00 bits per heavy atom. The average Bonchev–Trinajstić information content (AvgIpc) is 2.74. The molecular weight excluding hydrogens is 350 g/mol. The number of likely N-dealkylation sites (tertiary alicyclic amines) is 1. The first-order valence-electron chi connectivity index (χ1n) is 10.1. The highest BCUT2D eigenvalue weighted by atomic mass is 16.2. The SMILES string of the molecule is CC[C@@H](C(=O)Nc1ccccc1)N1CCC(C(=O)NCc2ccccc2)CC1. The van der Waals surface area contributed by atoms with Crippen molar-refractivity contribution in [2.75, 3.05) is 18.4 Å². The second-order valence-electron chi connectivity index (χ2n) is 7.29. The Labute approximate surface area is 167 Å². The third-order valence-electron chi connectivity index (χ3n) is 5.38. The molecule has 0 aliphatic carbocycles. The number of piperidine rings is 1. The van der Waals surface area contributed by atoms with E-state index >= 15 is 0 Å². The molecule has 3 rings (SSSR count). The number of amides is 2. The van der Waals surface area contributed by atoms with Gasteiger partial charge in [0.05, 0.1) is 6.04 Å². The highest BCUT2D eigenvalue weighted by Gasteiger charge is 2.31. The molecule has 1 saturated heterocycles. The van der Waals surface area contributed by atoms with E-state index in [2.05, 4.69) is 15.5 Å². The predicted molar refractivity (Wildman–Crippen MR) is 112 cm³/mol. The standard InChI is InChI=1S/C23H29N3O2/c1-2-21(23(28)25-20-11-7-4-8-12-20)26-15-13-19(14-16-26)22(27)24-17-18-9-5-3-6-10-18/h3-12,19,21H,2,13-17H2,1H3,(H,24,27)(H,25,28)/t21-/m0/s1. The molecule has 0 bridgehead atoms. The first kappa shape index (κ1) is 20.1. The maximum Gasteiger partial charge on any atom is 0.241 e. The van der Waals surface area contributed by atoms with Gasteiger partial charge in [-0.05, 0) is 50.0 Å². The number of rotatable bonds is 7. The van der Waals surface area contributed by atoms with Gasteiger partial charge < -0.3 is 10.6 Å². The minimum absolute atomic E-state index is 0.0228. The summed E-state index contributed by atoms with van der Waals surface area (Å²) in [6, 6.07) is 19.3. The molecule has 2 aromatic rings. The van der Waals surface area contributed by atoms with Gasteiger partial charge in [0.15, 0.2) is 0 Å². The molecule has 1 aliphatic heterocycles. The third kappa shape index (κ3) is 5.42. The molecule has 0 aromatic heterocycles. The summed E-state index contributed by atoms with van der Waals surface area (Å²) >= 11 is 0. The number of anilines is 1. The van der Waals surface area contributed by atoms with E-state index in [1.165, 1.54) is 0 Å². The summed E-state index contributed by atoms with van der Waals surface area (Å²) < 4.78 is 0. The van der Waals surface area contributed by atoms with Gasteiger partial charge in [-0.15, -0.1) is 0 Å². The van der Waals surface area contributed by atoms with Gasteiger partial charge in [0.25, 0.3) is 0 Å². The number of hydrogen-bond donors (Lipinski definition) is 2. The molecule has 1 aliphatic rings.